The Morgan fingerprint density at radius 2 is 1.41 bits per heavy atom. The van der Waals surface area contributed by atoms with Crippen molar-refractivity contribution in [1.29, 1.82) is 0 Å². The number of carbonyl (C=O) groups is 5. The number of rotatable bonds is 23. The Balaban J connectivity index is 2.27. The standard InChI is InChI=1S/C36H61N3O7/c1-6-7-8-9-10-11-12-13-14-15-16-17-18-19-20-22-32(42)38-25-21-26-39(28-27-38)33(43)23-24-37-35(44)34(46-31(3)41)36(4,5)29-45-30(2)40/h13-14,21,26,34H,6-12,15-20,22-25,27-29H2,1-5H3,(H,37,44)/b14-13-. The van der Waals surface area contributed by atoms with Gasteiger partial charge in [0.05, 0.1) is 0 Å². The van der Waals surface area contributed by atoms with E-state index >= 15 is 0 Å². The Morgan fingerprint density at radius 3 is 2.02 bits per heavy atom. The van der Waals surface area contributed by atoms with Crippen LogP contribution in [-0.2, 0) is 33.4 Å². The number of allylic oxidation sites excluding steroid dienone is 2. The lowest BCUT2D eigenvalue weighted by Gasteiger charge is -2.31. The monoisotopic (exact) mass is 647 g/mol. The van der Waals surface area contributed by atoms with Gasteiger partial charge in [-0.2, -0.15) is 0 Å². The number of carbonyl (C=O) groups excluding carboxylic acids is 5. The molecule has 0 saturated heterocycles. The second kappa shape index (κ2) is 24.1. The Hall–Kier alpha value is -3.17. The molecule has 10 nitrogen and oxygen atoms in total. The number of nitrogens with zero attached hydrogens (tertiary/aromatic N) is 2. The Labute approximate surface area is 277 Å². The molecule has 1 unspecified atom stereocenters. The van der Waals surface area contributed by atoms with Crippen LogP contribution < -0.4 is 5.32 Å². The summed E-state index contributed by atoms with van der Waals surface area (Å²) in [5, 5.41) is 2.66. The summed E-state index contributed by atoms with van der Waals surface area (Å²) in [6.45, 7) is 9.24. The van der Waals surface area contributed by atoms with Crippen molar-refractivity contribution in [3.8, 4) is 0 Å². The maximum atomic E-state index is 12.8. The summed E-state index contributed by atoms with van der Waals surface area (Å²) in [7, 11) is 0. The smallest absolute Gasteiger partial charge is 0.303 e. The lowest BCUT2D eigenvalue weighted by molar-refractivity contribution is -0.166. The average molecular weight is 648 g/mol. The number of ether oxygens (including phenoxy) is 2. The highest BCUT2D eigenvalue weighted by molar-refractivity contribution is 5.85. The molecule has 0 radical (unpaired) electrons. The molecule has 0 bridgehead atoms. The fourth-order valence-corrected chi connectivity index (χ4v) is 5.26. The highest BCUT2D eigenvalue weighted by atomic mass is 16.6. The first-order valence-corrected chi connectivity index (χ1v) is 17.4. The Bertz CT molecular complexity index is 992. The second-order valence-electron chi connectivity index (χ2n) is 12.9. The molecule has 1 heterocycles. The number of unbranched alkanes of at least 4 members (excludes halogenated alkanes) is 11. The average Bonchev–Trinajstić information content (AvgIpc) is 3.27. The SMILES string of the molecule is CCCCCCCC/C=C\CCCCCCCC(=O)N1CC=CN(C(=O)CCNC(=O)C(OC(C)=O)C(C)(C)COC(C)=O)CC1. The molecule has 1 aliphatic heterocycles. The van der Waals surface area contributed by atoms with E-state index in [2.05, 4.69) is 24.4 Å². The fraction of sp³-hybridized carbons (Fsp3) is 0.750. The number of esters is 2. The van der Waals surface area contributed by atoms with Crippen molar-refractivity contribution < 1.29 is 33.4 Å². The minimum absolute atomic E-state index is 0.0378. The molecule has 1 N–H and O–H groups in total. The van der Waals surface area contributed by atoms with Gasteiger partial charge in [0.25, 0.3) is 5.91 Å². The van der Waals surface area contributed by atoms with E-state index in [1.165, 1.54) is 71.6 Å². The number of hydrogen-bond acceptors (Lipinski definition) is 7. The first-order valence-electron chi connectivity index (χ1n) is 17.4. The third-order valence-corrected chi connectivity index (χ3v) is 8.06. The van der Waals surface area contributed by atoms with E-state index in [0.29, 0.717) is 26.1 Å². The number of nitrogens with one attached hydrogen (secondary N) is 1. The minimum atomic E-state index is -1.20. The van der Waals surface area contributed by atoms with E-state index in [1.807, 2.05) is 6.08 Å². The predicted octanol–water partition coefficient (Wildman–Crippen LogP) is 6.24. The molecular weight excluding hydrogens is 586 g/mol. The van der Waals surface area contributed by atoms with Crippen molar-refractivity contribution in [3.63, 3.8) is 0 Å². The van der Waals surface area contributed by atoms with Crippen molar-refractivity contribution >= 4 is 29.7 Å². The van der Waals surface area contributed by atoms with Crippen LogP contribution in [0.1, 0.15) is 131 Å². The van der Waals surface area contributed by atoms with Crippen LogP contribution in [0.25, 0.3) is 0 Å². The highest BCUT2D eigenvalue weighted by Gasteiger charge is 2.39. The first kappa shape index (κ1) is 40.9. The van der Waals surface area contributed by atoms with Crippen LogP contribution in [0.15, 0.2) is 24.4 Å². The van der Waals surface area contributed by atoms with E-state index in [-0.39, 0.29) is 31.4 Å². The van der Waals surface area contributed by atoms with E-state index in [1.54, 1.807) is 29.8 Å². The molecule has 46 heavy (non-hydrogen) atoms. The lowest BCUT2D eigenvalue weighted by atomic mass is 9.86. The van der Waals surface area contributed by atoms with Gasteiger partial charge in [-0.05, 0) is 38.2 Å². The summed E-state index contributed by atoms with van der Waals surface area (Å²) < 4.78 is 10.3. The van der Waals surface area contributed by atoms with E-state index in [0.717, 1.165) is 25.7 Å². The lowest BCUT2D eigenvalue weighted by Crippen LogP contribution is -2.49. The molecule has 0 aliphatic carbocycles. The van der Waals surface area contributed by atoms with Gasteiger partial charge < -0.3 is 24.6 Å². The van der Waals surface area contributed by atoms with Crippen LogP contribution in [-0.4, -0.2) is 78.3 Å². The summed E-state index contributed by atoms with van der Waals surface area (Å²) in [5.74, 6) is -1.80. The Kier molecular flexibility index (Phi) is 21.4. The van der Waals surface area contributed by atoms with Crippen LogP contribution in [0.2, 0.25) is 0 Å². The third kappa shape index (κ3) is 18.7. The number of amides is 3. The first-order chi connectivity index (χ1) is 22.0. The fourth-order valence-electron chi connectivity index (χ4n) is 5.26. The molecule has 0 aromatic heterocycles. The van der Waals surface area contributed by atoms with Gasteiger partial charge in [0, 0.05) is 64.5 Å². The molecule has 0 spiro atoms. The topological polar surface area (TPSA) is 122 Å². The summed E-state index contributed by atoms with van der Waals surface area (Å²) in [5.41, 5.74) is -0.973. The van der Waals surface area contributed by atoms with Gasteiger partial charge in [0.1, 0.15) is 6.61 Å². The van der Waals surface area contributed by atoms with Crippen molar-refractivity contribution in [2.45, 2.75) is 137 Å². The zero-order valence-electron chi connectivity index (χ0n) is 29.3. The normalized spacial score (nSPS) is 14.2. The third-order valence-electron chi connectivity index (χ3n) is 8.06. The predicted molar refractivity (Wildman–Crippen MR) is 180 cm³/mol. The molecule has 0 fully saturated rings. The zero-order chi connectivity index (χ0) is 34.2. The minimum Gasteiger partial charge on any atom is -0.465 e. The van der Waals surface area contributed by atoms with Gasteiger partial charge in [-0.3, -0.25) is 24.0 Å². The Morgan fingerprint density at radius 1 is 0.804 bits per heavy atom. The maximum Gasteiger partial charge on any atom is 0.303 e. The number of hydrogen-bond donors (Lipinski definition) is 1. The molecule has 1 aliphatic rings. The summed E-state index contributed by atoms with van der Waals surface area (Å²) >= 11 is 0. The quantitative estimate of drug-likeness (QED) is 0.0792. The molecule has 3 amide bonds. The molecule has 0 saturated carbocycles. The maximum absolute atomic E-state index is 12.8. The van der Waals surface area contributed by atoms with E-state index < -0.39 is 29.4 Å². The van der Waals surface area contributed by atoms with Crippen LogP contribution in [0.3, 0.4) is 0 Å². The van der Waals surface area contributed by atoms with Crippen molar-refractivity contribution in [1.82, 2.24) is 15.1 Å². The molecule has 0 aromatic carbocycles. The van der Waals surface area contributed by atoms with E-state index in [9.17, 15) is 24.0 Å². The van der Waals surface area contributed by atoms with Crippen LogP contribution in [0.4, 0.5) is 0 Å². The summed E-state index contributed by atoms with van der Waals surface area (Å²) in [4.78, 5) is 64.6. The summed E-state index contributed by atoms with van der Waals surface area (Å²) in [6.07, 6.45) is 23.4. The van der Waals surface area contributed by atoms with Crippen LogP contribution in [0.5, 0.6) is 0 Å². The molecular formula is C36H61N3O7. The van der Waals surface area contributed by atoms with Crippen molar-refractivity contribution in [2.24, 2.45) is 5.41 Å². The molecule has 10 heteroatoms. The van der Waals surface area contributed by atoms with Crippen LogP contribution >= 0.6 is 0 Å². The zero-order valence-corrected chi connectivity index (χ0v) is 29.3. The van der Waals surface area contributed by atoms with Crippen molar-refractivity contribution in [3.05, 3.63) is 24.4 Å². The van der Waals surface area contributed by atoms with Gasteiger partial charge in [-0.1, -0.05) is 84.3 Å². The molecule has 1 rings (SSSR count). The van der Waals surface area contributed by atoms with Crippen LogP contribution in [0, 0.1) is 5.41 Å². The summed E-state index contributed by atoms with van der Waals surface area (Å²) in [6, 6.07) is 0. The van der Waals surface area contributed by atoms with Gasteiger partial charge >= 0.3 is 11.9 Å². The van der Waals surface area contributed by atoms with Gasteiger partial charge in [0.2, 0.25) is 11.8 Å². The molecule has 0 aromatic rings. The van der Waals surface area contributed by atoms with Gasteiger partial charge in [-0.15, -0.1) is 0 Å². The van der Waals surface area contributed by atoms with Crippen molar-refractivity contribution in [2.75, 3.05) is 32.8 Å². The largest absolute Gasteiger partial charge is 0.465 e. The van der Waals surface area contributed by atoms with E-state index in [4.69, 9.17) is 9.47 Å². The van der Waals surface area contributed by atoms with Gasteiger partial charge in [-0.25, -0.2) is 0 Å². The van der Waals surface area contributed by atoms with Gasteiger partial charge in [0.15, 0.2) is 6.10 Å². The highest BCUT2D eigenvalue weighted by Crippen LogP contribution is 2.25. The molecule has 262 valence electrons. The second-order valence-corrected chi connectivity index (χ2v) is 12.9. The molecule has 1 atom stereocenters.